The topological polar surface area (TPSA) is 33.4 Å². The van der Waals surface area contributed by atoms with E-state index in [1.165, 1.54) is 11.1 Å². The fourth-order valence-corrected chi connectivity index (χ4v) is 2.53. The molecule has 0 aliphatic rings. The standard InChI is InChI=1S/C19H20O2/c1-4-19(2,3)16-8-5-13(6-9-16)14-7-10-17-15(11-14)12-18(20)21-17/h5-12,20H,4H2,1-3H3. The summed E-state index contributed by atoms with van der Waals surface area (Å²) in [5.41, 5.74) is 4.58. The minimum atomic E-state index is -0.0396. The predicted octanol–water partition coefficient (Wildman–Crippen LogP) is 5.49. The van der Waals surface area contributed by atoms with Gasteiger partial charge in [-0.25, -0.2) is 0 Å². The maximum Gasteiger partial charge on any atom is 0.282 e. The maximum absolute atomic E-state index is 9.40. The number of aromatic hydroxyl groups is 1. The van der Waals surface area contributed by atoms with E-state index in [9.17, 15) is 5.11 Å². The molecule has 0 saturated carbocycles. The van der Waals surface area contributed by atoms with Crippen LogP contribution in [0.15, 0.2) is 52.9 Å². The van der Waals surface area contributed by atoms with Crippen molar-refractivity contribution in [2.75, 3.05) is 0 Å². The Hall–Kier alpha value is -2.22. The summed E-state index contributed by atoms with van der Waals surface area (Å²) >= 11 is 0. The van der Waals surface area contributed by atoms with E-state index in [-0.39, 0.29) is 11.4 Å². The van der Waals surface area contributed by atoms with Gasteiger partial charge in [0, 0.05) is 11.5 Å². The van der Waals surface area contributed by atoms with Gasteiger partial charge >= 0.3 is 0 Å². The molecule has 0 spiro atoms. The molecule has 3 rings (SSSR count). The number of hydrogen-bond donors (Lipinski definition) is 1. The zero-order chi connectivity index (χ0) is 15.0. The number of benzene rings is 2. The second kappa shape index (κ2) is 4.96. The molecular weight excluding hydrogens is 260 g/mol. The number of fused-ring (bicyclic) bond motifs is 1. The van der Waals surface area contributed by atoms with Crippen LogP contribution in [0.4, 0.5) is 0 Å². The Balaban J connectivity index is 1.98. The molecule has 0 bridgehead atoms. The van der Waals surface area contributed by atoms with Gasteiger partial charge in [0.25, 0.3) is 5.95 Å². The van der Waals surface area contributed by atoms with Crippen LogP contribution >= 0.6 is 0 Å². The molecule has 2 nitrogen and oxygen atoms in total. The number of furan rings is 1. The fourth-order valence-electron chi connectivity index (χ4n) is 2.53. The number of rotatable bonds is 3. The third-order valence-electron chi connectivity index (χ3n) is 4.39. The van der Waals surface area contributed by atoms with Gasteiger partial charge in [0.15, 0.2) is 0 Å². The second-order valence-electron chi connectivity index (χ2n) is 6.15. The smallest absolute Gasteiger partial charge is 0.282 e. The van der Waals surface area contributed by atoms with Gasteiger partial charge in [-0.15, -0.1) is 0 Å². The summed E-state index contributed by atoms with van der Waals surface area (Å²) < 4.78 is 5.19. The van der Waals surface area contributed by atoms with Crippen molar-refractivity contribution in [3.63, 3.8) is 0 Å². The Morgan fingerprint density at radius 3 is 2.29 bits per heavy atom. The van der Waals surface area contributed by atoms with Gasteiger partial charge in [0.1, 0.15) is 5.58 Å². The molecule has 108 valence electrons. The Morgan fingerprint density at radius 2 is 1.62 bits per heavy atom. The first-order chi connectivity index (χ1) is 9.99. The highest BCUT2D eigenvalue weighted by molar-refractivity contribution is 5.84. The Morgan fingerprint density at radius 1 is 0.952 bits per heavy atom. The summed E-state index contributed by atoms with van der Waals surface area (Å²) in [7, 11) is 0. The van der Waals surface area contributed by atoms with Crippen LogP contribution in [0.2, 0.25) is 0 Å². The summed E-state index contributed by atoms with van der Waals surface area (Å²) in [5, 5.41) is 10.3. The highest BCUT2D eigenvalue weighted by atomic mass is 16.5. The lowest BCUT2D eigenvalue weighted by Gasteiger charge is -2.23. The molecule has 0 fully saturated rings. The summed E-state index contributed by atoms with van der Waals surface area (Å²) in [4.78, 5) is 0. The number of hydrogen-bond acceptors (Lipinski definition) is 2. The minimum absolute atomic E-state index is 0.0396. The Bertz CT molecular complexity index is 764. The first-order valence-electron chi connectivity index (χ1n) is 7.33. The molecule has 3 aromatic rings. The van der Waals surface area contributed by atoms with Crippen LogP contribution < -0.4 is 0 Å². The average Bonchev–Trinajstić information content (AvgIpc) is 2.86. The minimum Gasteiger partial charge on any atom is -0.481 e. The lowest BCUT2D eigenvalue weighted by atomic mass is 9.82. The second-order valence-corrected chi connectivity index (χ2v) is 6.15. The highest BCUT2D eigenvalue weighted by Gasteiger charge is 2.17. The molecule has 1 N–H and O–H groups in total. The van der Waals surface area contributed by atoms with E-state index in [4.69, 9.17) is 4.42 Å². The molecule has 0 radical (unpaired) electrons. The van der Waals surface area contributed by atoms with Crippen molar-refractivity contribution in [1.29, 1.82) is 0 Å². The van der Waals surface area contributed by atoms with Crippen LogP contribution in [-0.4, -0.2) is 5.11 Å². The summed E-state index contributed by atoms with van der Waals surface area (Å²) in [6.07, 6.45) is 1.12. The normalized spacial score (nSPS) is 12.0. The molecule has 0 saturated heterocycles. The lowest BCUT2D eigenvalue weighted by molar-refractivity contribution is 0.346. The van der Waals surface area contributed by atoms with E-state index in [2.05, 4.69) is 45.0 Å². The lowest BCUT2D eigenvalue weighted by Crippen LogP contribution is -2.14. The van der Waals surface area contributed by atoms with E-state index >= 15 is 0 Å². The van der Waals surface area contributed by atoms with Crippen molar-refractivity contribution in [2.24, 2.45) is 0 Å². The Kier molecular flexibility index (Phi) is 3.25. The molecule has 2 heteroatoms. The first kappa shape index (κ1) is 13.7. The van der Waals surface area contributed by atoms with Gasteiger partial charge in [-0.3, -0.25) is 0 Å². The average molecular weight is 280 g/mol. The van der Waals surface area contributed by atoms with E-state index in [0.29, 0.717) is 5.58 Å². The molecule has 2 aromatic carbocycles. The van der Waals surface area contributed by atoms with Crippen LogP contribution in [0, 0.1) is 0 Å². The van der Waals surface area contributed by atoms with Crippen molar-refractivity contribution in [2.45, 2.75) is 32.6 Å². The highest BCUT2D eigenvalue weighted by Crippen LogP contribution is 2.31. The maximum atomic E-state index is 9.40. The van der Waals surface area contributed by atoms with Crippen LogP contribution in [0.5, 0.6) is 5.95 Å². The molecule has 0 atom stereocenters. The monoisotopic (exact) mass is 280 g/mol. The molecule has 0 aliphatic carbocycles. The summed E-state index contributed by atoms with van der Waals surface area (Å²) in [6, 6.07) is 16.3. The fraction of sp³-hybridized carbons (Fsp3) is 0.263. The van der Waals surface area contributed by atoms with Crippen molar-refractivity contribution in [1.82, 2.24) is 0 Å². The van der Waals surface area contributed by atoms with E-state index in [1.807, 2.05) is 18.2 Å². The molecule has 0 unspecified atom stereocenters. The van der Waals surface area contributed by atoms with Crippen LogP contribution in [0.3, 0.4) is 0 Å². The third kappa shape index (κ3) is 2.54. The van der Waals surface area contributed by atoms with Gasteiger partial charge in [0.05, 0.1) is 0 Å². The van der Waals surface area contributed by atoms with Crippen molar-refractivity contribution < 1.29 is 9.52 Å². The molecule has 0 aliphatic heterocycles. The molecule has 1 aromatic heterocycles. The quantitative estimate of drug-likeness (QED) is 0.688. The first-order valence-corrected chi connectivity index (χ1v) is 7.33. The van der Waals surface area contributed by atoms with Gasteiger partial charge in [-0.05, 0) is 40.7 Å². The van der Waals surface area contributed by atoms with Crippen molar-refractivity contribution >= 4 is 11.0 Å². The van der Waals surface area contributed by atoms with E-state index in [0.717, 1.165) is 17.4 Å². The van der Waals surface area contributed by atoms with Gasteiger partial charge in [-0.1, -0.05) is 51.1 Å². The van der Waals surface area contributed by atoms with Gasteiger partial charge < -0.3 is 9.52 Å². The largest absolute Gasteiger partial charge is 0.481 e. The van der Waals surface area contributed by atoms with Crippen LogP contribution in [0.1, 0.15) is 32.8 Å². The van der Waals surface area contributed by atoms with Crippen molar-refractivity contribution in [3.8, 4) is 17.1 Å². The van der Waals surface area contributed by atoms with E-state index in [1.54, 1.807) is 6.07 Å². The van der Waals surface area contributed by atoms with Crippen LogP contribution in [0.25, 0.3) is 22.1 Å². The van der Waals surface area contributed by atoms with E-state index < -0.39 is 0 Å². The Labute approximate surface area is 125 Å². The summed E-state index contributed by atoms with van der Waals surface area (Å²) in [6.45, 7) is 6.75. The molecule has 0 amide bonds. The third-order valence-corrected chi connectivity index (χ3v) is 4.39. The zero-order valence-electron chi connectivity index (χ0n) is 12.7. The van der Waals surface area contributed by atoms with Crippen molar-refractivity contribution in [3.05, 3.63) is 54.1 Å². The zero-order valence-corrected chi connectivity index (χ0v) is 12.7. The summed E-state index contributed by atoms with van der Waals surface area (Å²) in [5.74, 6) is -0.0396. The predicted molar refractivity (Wildman–Crippen MR) is 86.6 cm³/mol. The van der Waals surface area contributed by atoms with Gasteiger partial charge in [0.2, 0.25) is 0 Å². The SMILES string of the molecule is CCC(C)(C)c1ccc(-c2ccc3oc(O)cc3c2)cc1. The molecule has 21 heavy (non-hydrogen) atoms. The van der Waals surface area contributed by atoms with Crippen LogP contribution in [-0.2, 0) is 5.41 Å². The van der Waals surface area contributed by atoms with Gasteiger partial charge in [-0.2, -0.15) is 0 Å². The molecule has 1 heterocycles. The molecular formula is C19H20O2.